The van der Waals surface area contributed by atoms with Gasteiger partial charge in [-0.05, 0) is 25.7 Å². The van der Waals surface area contributed by atoms with Crippen LogP contribution >= 0.6 is 0 Å². The van der Waals surface area contributed by atoms with Crippen molar-refractivity contribution in [2.45, 2.75) is 38.7 Å². The summed E-state index contributed by atoms with van der Waals surface area (Å²) < 4.78 is 5.20. The Morgan fingerprint density at radius 2 is 2.15 bits per heavy atom. The summed E-state index contributed by atoms with van der Waals surface area (Å²) in [7, 11) is 0. The highest BCUT2D eigenvalue weighted by molar-refractivity contribution is 5.59. The summed E-state index contributed by atoms with van der Waals surface area (Å²) in [6.07, 6.45) is 3.49. The van der Waals surface area contributed by atoms with Gasteiger partial charge in [-0.2, -0.15) is 0 Å². The Morgan fingerprint density at radius 1 is 1.54 bits per heavy atom. The van der Waals surface area contributed by atoms with E-state index in [1.165, 1.54) is 0 Å². The van der Waals surface area contributed by atoms with Gasteiger partial charge in [0.05, 0.1) is 6.10 Å². The predicted octanol–water partition coefficient (Wildman–Crippen LogP) is 1.14. The lowest BCUT2D eigenvalue weighted by molar-refractivity contribution is -0.124. The molecule has 13 heavy (non-hydrogen) atoms. The molecule has 0 amide bonds. The molecule has 0 bridgehead atoms. The topological polar surface area (TPSA) is 46.5 Å². The summed E-state index contributed by atoms with van der Waals surface area (Å²) >= 11 is 0. The summed E-state index contributed by atoms with van der Waals surface area (Å²) in [5.41, 5.74) is -0.312. The number of ether oxygens (including phenoxy) is 1. The summed E-state index contributed by atoms with van der Waals surface area (Å²) in [5.74, 6) is 0. The molecule has 0 saturated carbocycles. The van der Waals surface area contributed by atoms with Gasteiger partial charge in [0.25, 0.3) is 0 Å². The van der Waals surface area contributed by atoms with E-state index in [0.717, 1.165) is 25.5 Å². The Balaban J connectivity index is 2.52. The van der Waals surface area contributed by atoms with Crippen molar-refractivity contribution in [3.63, 3.8) is 0 Å². The standard InChI is InChI=1S/C10H18O3/c1-2-9(12)7-10(8-11)3-5-13-6-4-10/h8-9,12H,2-7H2,1H3. The van der Waals surface area contributed by atoms with Crippen LogP contribution in [0.5, 0.6) is 0 Å². The van der Waals surface area contributed by atoms with Crippen LogP contribution in [0.2, 0.25) is 0 Å². The van der Waals surface area contributed by atoms with E-state index in [0.29, 0.717) is 19.6 Å². The number of carbonyl (C=O) groups excluding carboxylic acids is 1. The molecule has 0 aliphatic carbocycles. The fourth-order valence-corrected chi connectivity index (χ4v) is 1.76. The highest BCUT2D eigenvalue weighted by Crippen LogP contribution is 2.33. The Morgan fingerprint density at radius 3 is 2.62 bits per heavy atom. The molecule has 1 aliphatic heterocycles. The zero-order chi connectivity index (χ0) is 9.73. The third-order valence-corrected chi connectivity index (χ3v) is 2.85. The second kappa shape index (κ2) is 4.72. The summed E-state index contributed by atoms with van der Waals surface area (Å²) in [6.45, 7) is 3.23. The van der Waals surface area contributed by atoms with Gasteiger partial charge in [-0.1, -0.05) is 6.92 Å². The maximum Gasteiger partial charge on any atom is 0.126 e. The van der Waals surface area contributed by atoms with Crippen LogP contribution in [0.4, 0.5) is 0 Å². The van der Waals surface area contributed by atoms with Gasteiger partial charge in [0.1, 0.15) is 6.29 Å². The zero-order valence-corrected chi connectivity index (χ0v) is 8.16. The van der Waals surface area contributed by atoms with Crippen molar-refractivity contribution in [2.75, 3.05) is 13.2 Å². The highest BCUT2D eigenvalue weighted by Gasteiger charge is 2.33. The summed E-state index contributed by atoms with van der Waals surface area (Å²) in [6, 6.07) is 0. The van der Waals surface area contributed by atoms with Gasteiger partial charge >= 0.3 is 0 Å². The molecule has 0 aromatic rings. The average molecular weight is 186 g/mol. The molecule has 3 heteroatoms. The molecule has 0 radical (unpaired) electrons. The van der Waals surface area contributed by atoms with Crippen LogP contribution in [-0.2, 0) is 9.53 Å². The number of aliphatic hydroxyl groups is 1. The van der Waals surface area contributed by atoms with Gasteiger partial charge in [-0.25, -0.2) is 0 Å². The second-order valence-corrected chi connectivity index (χ2v) is 3.86. The Labute approximate surface area is 79.1 Å². The van der Waals surface area contributed by atoms with E-state index in [-0.39, 0.29) is 11.5 Å². The first-order chi connectivity index (χ1) is 6.22. The minimum atomic E-state index is -0.344. The monoisotopic (exact) mass is 186 g/mol. The highest BCUT2D eigenvalue weighted by atomic mass is 16.5. The molecule has 1 N–H and O–H groups in total. The van der Waals surface area contributed by atoms with Crippen LogP contribution in [0.25, 0.3) is 0 Å². The smallest absolute Gasteiger partial charge is 0.126 e. The lowest BCUT2D eigenvalue weighted by atomic mass is 9.77. The fourth-order valence-electron chi connectivity index (χ4n) is 1.76. The molecule has 0 spiro atoms. The molecule has 1 saturated heterocycles. The number of aldehydes is 1. The largest absolute Gasteiger partial charge is 0.393 e. The molecule has 1 heterocycles. The lowest BCUT2D eigenvalue weighted by Gasteiger charge is -2.33. The van der Waals surface area contributed by atoms with E-state index in [2.05, 4.69) is 0 Å². The van der Waals surface area contributed by atoms with Crippen LogP contribution in [-0.4, -0.2) is 30.7 Å². The molecule has 1 fully saturated rings. The second-order valence-electron chi connectivity index (χ2n) is 3.86. The SMILES string of the molecule is CCC(O)CC1(C=O)CCOCC1. The molecule has 0 aromatic carbocycles. The van der Waals surface area contributed by atoms with Gasteiger partial charge in [-0.15, -0.1) is 0 Å². The van der Waals surface area contributed by atoms with Crippen molar-refractivity contribution < 1.29 is 14.6 Å². The van der Waals surface area contributed by atoms with E-state index < -0.39 is 0 Å². The molecule has 76 valence electrons. The van der Waals surface area contributed by atoms with E-state index in [4.69, 9.17) is 4.74 Å². The molecule has 0 aromatic heterocycles. The van der Waals surface area contributed by atoms with E-state index in [1.807, 2.05) is 6.92 Å². The first-order valence-electron chi connectivity index (χ1n) is 4.94. The predicted molar refractivity (Wildman–Crippen MR) is 49.5 cm³/mol. The van der Waals surface area contributed by atoms with Crippen LogP contribution in [0.1, 0.15) is 32.6 Å². The van der Waals surface area contributed by atoms with Crippen molar-refractivity contribution in [3.05, 3.63) is 0 Å². The molecular weight excluding hydrogens is 168 g/mol. The van der Waals surface area contributed by atoms with Gasteiger partial charge in [-0.3, -0.25) is 0 Å². The number of carbonyl (C=O) groups is 1. The van der Waals surface area contributed by atoms with Crippen LogP contribution in [0, 0.1) is 5.41 Å². The van der Waals surface area contributed by atoms with E-state index in [1.54, 1.807) is 0 Å². The fraction of sp³-hybridized carbons (Fsp3) is 0.900. The first kappa shape index (κ1) is 10.7. The molecule has 1 aliphatic rings. The van der Waals surface area contributed by atoms with Gasteiger partial charge in [0.2, 0.25) is 0 Å². The summed E-state index contributed by atoms with van der Waals surface area (Å²) in [5, 5.41) is 9.51. The van der Waals surface area contributed by atoms with Gasteiger partial charge in [0, 0.05) is 18.6 Å². The van der Waals surface area contributed by atoms with Gasteiger partial charge < -0.3 is 14.6 Å². The molecule has 1 rings (SSSR count). The van der Waals surface area contributed by atoms with Crippen molar-refractivity contribution in [3.8, 4) is 0 Å². The summed E-state index contributed by atoms with van der Waals surface area (Å²) in [4.78, 5) is 11.0. The van der Waals surface area contributed by atoms with Crippen molar-refractivity contribution in [2.24, 2.45) is 5.41 Å². The van der Waals surface area contributed by atoms with Crippen LogP contribution in [0.3, 0.4) is 0 Å². The van der Waals surface area contributed by atoms with Crippen molar-refractivity contribution in [1.29, 1.82) is 0 Å². The Hall–Kier alpha value is -0.410. The minimum absolute atomic E-state index is 0.312. The Bertz CT molecular complexity index is 162. The molecule has 1 atom stereocenters. The number of hydrogen-bond donors (Lipinski definition) is 1. The number of hydrogen-bond acceptors (Lipinski definition) is 3. The van der Waals surface area contributed by atoms with E-state index in [9.17, 15) is 9.90 Å². The maximum absolute atomic E-state index is 11.0. The van der Waals surface area contributed by atoms with E-state index >= 15 is 0 Å². The third-order valence-electron chi connectivity index (χ3n) is 2.85. The van der Waals surface area contributed by atoms with Crippen LogP contribution in [0.15, 0.2) is 0 Å². The number of rotatable bonds is 4. The molecule has 3 nitrogen and oxygen atoms in total. The average Bonchev–Trinajstić information content (AvgIpc) is 2.19. The minimum Gasteiger partial charge on any atom is -0.393 e. The first-order valence-corrected chi connectivity index (χ1v) is 4.94. The van der Waals surface area contributed by atoms with Crippen LogP contribution < -0.4 is 0 Å². The van der Waals surface area contributed by atoms with Crippen molar-refractivity contribution >= 4 is 6.29 Å². The maximum atomic E-state index is 11.0. The third kappa shape index (κ3) is 2.78. The Kier molecular flexibility index (Phi) is 3.88. The van der Waals surface area contributed by atoms with Crippen molar-refractivity contribution in [1.82, 2.24) is 0 Å². The van der Waals surface area contributed by atoms with Gasteiger partial charge in [0.15, 0.2) is 0 Å². The lowest BCUT2D eigenvalue weighted by Crippen LogP contribution is -2.34. The molecule has 1 unspecified atom stereocenters. The zero-order valence-electron chi connectivity index (χ0n) is 8.16. The molecular formula is C10H18O3. The quantitative estimate of drug-likeness (QED) is 0.670. The number of aliphatic hydroxyl groups excluding tert-OH is 1. The normalized spacial score (nSPS) is 23.8.